The molecule has 58 valence electrons. The lowest BCUT2D eigenvalue weighted by atomic mass is 10.3. The Bertz CT molecular complexity index is 279. The van der Waals surface area contributed by atoms with Gasteiger partial charge in [0.25, 0.3) is 0 Å². The van der Waals surface area contributed by atoms with Crippen molar-refractivity contribution in [1.29, 1.82) is 0 Å². The van der Waals surface area contributed by atoms with Crippen LogP contribution in [0.4, 0.5) is 0 Å². The average Bonchev–Trinajstić information content (AvgIpc) is 2.30. The van der Waals surface area contributed by atoms with Gasteiger partial charge in [-0.25, -0.2) is 0 Å². The molecular weight excluding hydrogens is 274 g/mol. The number of aromatic nitrogens is 1. The van der Waals surface area contributed by atoms with Crippen molar-refractivity contribution in [1.82, 2.24) is 4.98 Å². The summed E-state index contributed by atoms with van der Waals surface area (Å²) in [7, 11) is 0. The Morgan fingerprint density at radius 3 is 3.00 bits per heavy atom. The summed E-state index contributed by atoms with van der Waals surface area (Å²) >= 11 is 6.84. The van der Waals surface area contributed by atoms with E-state index in [-0.39, 0.29) is 9.84 Å². The van der Waals surface area contributed by atoms with E-state index in [0.29, 0.717) is 0 Å². The largest absolute Gasteiger partial charge is 0.476 e. The normalized spacial score (nSPS) is 27.8. The Morgan fingerprint density at radius 2 is 2.27 bits per heavy atom. The molecule has 2 nitrogen and oxygen atoms in total. The van der Waals surface area contributed by atoms with Crippen molar-refractivity contribution in [2.24, 2.45) is 0 Å². The molecule has 2 rings (SSSR count). The summed E-state index contributed by atoms with van der Waals surface area (Å²) in [6.45, 7) is 0. The van der Waals surface area contributed by atoms with Gasteiger partial charge < -0.3 is 4.74 Å². The second kappa shape index (κ2) is 2.75. The Balaban J connectivity index is 2.47. The predicted octanol–water partition coefficient (Wildman–Crippen LogP) is 2.63. The Kier molecular flexibility index (Phi) is 1.89. The maximum atomic E-state index is 5.43. The van der Waals surface area contributed by atoms with Crippen molar-refractivity contribution >= 4 is 31.9 Å². The highest BCUT2D eigenvalue weighted by atomic mass is 79.9. The smallest absolute Gasteiger partial charge is 0.171 e. The highest BCUT2D eigenvalue weighted by Gasteiger charge is 2.31. The molecule has 4 heteroatoms. The minimum atomic E-state index is 0.00685. The SMILES string of the molecule is Br[C@@H]1Oc2cccnc2[C@H]1Br. The van der Waals surface area contributed by atoms with Gasteiger partial charge in [-0.1, -0.05) is 15.9 Å². The quantitative estimate of drug-likeness (QED) is 0.681. The predicted molar refractivity (Wildman–Crippen MR) is 49.2 cm³/mol. The molecule has 0 spiro atoms. The first-order chi connectivity index (χ1) is 5.29. The van der Waals surface area contributed by atoms with E-state index in [1.54, 1.807) is 6.20 Å². The van der Waals surface area contributed by atoms with Gasteiger partial charge in [0.05, 0.1) is 0 Å². The van der Waals surface area contributed by atoms with Gasteiger partial charge in [-0.15, -0.1) is 0 Å². The zero-order valence-electron chi connectivity index (χ0n) is 5.50. The van der Waals surface area contributed by atoms with Crippen LogP contribution in [0.25, 0.3) is 0 Å². The van der Waals surface area contributed by atoms with Crippen LogP contribution in [0, 0.1) is 0 Å². The lowest BCUT2D eigenvalue weighted by molar-refractivity contribution is 0.328. The fourth-order valence-corrected chi connectivity index (χ4v) is 1.92. The van der Waals surface area contributed by atoms with Crippen molar-refractivity contribution in [3.63, 3.8) is 0 Å². The lowest BCUT2D eigenvalue weighted by Crippen LogP contribution is -2.04. The van der Waals surface area contributed by atoms with E-state index >= 15 is 0 Å². The van der Waals surface area contributed by atoms with Crippen LogP contribution in [-0.2, 0) is 0 Å². The van der Waals surface area contributed by atoms with Crippen LogP contribution < -0.4 is 4.74 Å². The molecule has 0 unspecified atom stereocenters. The van der Waals surface area contributed by atoms with E-state index in [2.05, 4.69) is 36.8 Å². The monoisotopic (exact) mass is 277 g/mol. The zero-order chi connectivity index (χ0) is 7.84. The van der Waals surface area contributed by atoms with E-state index in [9.17, 15) is 0 Å². The van der Waals surface area contributed by atoms with Gasteiger partial charge in [-0.2, -0.15) is 0 Å². The fourth-order valence-electron chi connectivity index (χ4n) is 1.01. The molecule has 0 saturated carbocycles. The second-order valence-corrected chi connectivity index (χ2v) is 4.15. The number of rotatable bonds is 0. The van der Waals surface area contributed by atoms with Gasteiger partial charge >= 0.3 is 0 Å². The number of hydrogen-bond acceptors (Lipinski definition) is 2. The number of nitrogens with zero attached hydrogens (tertiary/aromatic N) is 1. The number of halogens is 2. The van der Waals surface area contributed by atoms with Crippen LogP contribution in [0.5, 0.6) is 5.75 Å². The third-order valence-corrected chi connectivity index (χ3v) is 3.87. The Morgan fingerprint density at radius 1 is 1.45 bits per heavy atom. The molecule has 0 fully saturated rings. The molecule has 2 atom stereocenters. The van der Waals surface area contributed by atoms with Gasteiger partial charge in [0.2, 0.25) is 0 Å². The van der Waals surface area contributed by atoms with Crippen molar-refractivity contribution in [3.05, 3.63) is 24.0 Å². The maximum Gasteiger partial charge on any atom is 0.171 e. The number of alkyl halides is 2. The molecular formula is C7H5Br2NO. The summed E-state index contributed by atoms with van der Waals surface area (Å²) in [5.74, 6) is 0.858. The summed E-state index contributed by atoms with van der Waals surface area (Å²) in [6, 6.07) is 3.78. The van der Waals surface area contributed by atoms with Crippen molar-refractivity contribution < 1.29 is 4.74 Å². The average molecular weight is 279 g/mol. The number of fused-ring (bicyclic) bond motifs is 1. The zero-order valence-corrected chi connectivity index (χ0v) is 8.67. The molecule has 1 aliphatic rings. The van der Waals surface area contributed by atoms with Crippen LogP contribution in [0.2, 0.25) is 0 Å². The first-order valence-electron chi connectivity index (χ1n) is 3.19. The summed E-state index contributed by atoms with van der Waals surface area (Å²) in [6.07, 6.45) is 1.77. The molecule has 2 heterocycles. The summed E-state index contributed by atoms with van der Waals surface area (Å²) in [5.41, 5.74) is 0.967. The fraction of sp³-hybridized carbons (Fsp3) is 0.286. The van der Waals surface area contributed by atoms with Crippen LogP contribution in [-0.4, -0.2) is 10.00 Å². The van der Waals surface area contributed by atoms with Crippen molar-refractivity contribution in [2.75, 3.05) is 0 Å². The van der Waals surface area contributed by atoms with Crippen LogP contribution >= 0.6 is 31.9 Å². The van der Waals surface area contributed by atoms with Crippen LogP contribution in [0.1, 0.15) is 10.5 Å². The topological polar surface area (TPSA) is 22.1 Å². The van der Waals surface area contributed by atoms with Gasteiger partial charge in [0, 0.05) is 6.20 Å². The molecule has 0 aromatic carbocycles. The molecule has 0 bridgehead atoms. The molecule has 0 radical (unpaired) electrons. The standard InChI is InChI=1S/C7H5Br2NO/c8-5-6-4(11-7(5)9)2-1-3-10-6/h1-3,5,7H/t5-,7-/m1/s1. The number of ether oxygens (including phenoxy) is 1. The first-order valence-corrected chi connectivity index (χ1v) is 5.02. The molecule has 0 N–H and O–H groups in total. The maximum absolute atomic E-state index is 5.43. The van der Waals surface area contributed by atoms with E-state index in [1.165, 1.54) is 0 Å². The third-order valence-electron chi connectivity index (χ3n) is 1.53. The van der Waals surface area contributed by atoms with Gasteiger partial charge in [-0.3, -0.25) is 4.98 Å². The van der Waals surface area contributed by atoms with Gasteiger partial charge in [0.1, 0.15) is 16.3 Å². The van der Waals surface area contributed by atoms with E-state index in [0.717, 1.165) is 11.4 Å². The summed E-state index contributed by atoms with van der Waals surface area (Å²) < 4.78 is 5.43. The summed E-state index contributed by atoms with van der Waals surface area (Å²) in [4.78, 5) is 4.35. The van der Waals surface area contributed by atoms with E-state index in [4.69, 9.17) is 4.74 Å². The molecule has 1 aromatic heterocycles. The number of hydrogen-bond donors (Lipinski definition) is 0. The van der Waals surface area contributed by atoms with E-state index in [1.807, 2.05) is 12.1 Å². The molecule has 1 aromatic rings. The van der Waals surface area contributed by atoms with Gasteiger partial charge in [0.15, 0.2) is 5.01 Å². The molecule has 0 saturated heterocycles. The van der Waals surface area contributed by atoms with Crippen LogP contribution in [0.15, 0.2) is 18.3 Å². The second-order valence-electron chi connectivity index (χ2n) is 2.26. The molecule has 1 aliphatic heterocycles. The van der Waals surface area contributed by atoms with Gasteiger partial charge in [-0.05, 0) is 28.1 Å². The highest BCUT2D eigenvalue weighted by molar-refractivity contribution is 9.12. The Hall–Kier alpha value is -0.0900. The molecule has 0 amide bonds. The molecule has 0 aliphatic carbocycles. The minimum absolute atomic E-state index is 0.00685. The third kappa shape index (κ3) is 1.18. The number of pyridine rings is 1. The highest BCUT2D eigenvalue weighted by Crippen LogP contribution is 2.42. The Labute approximate surface area is 81.2 Å². The van der Waals surface area contributed by atoms with Crippen LogP contribution in [0.3, 0.4) is 0 Å². The minimum Gasteiger partial charge on any atom is -0.476 e. The van der Waals surface area contributed by atoms with Crippen molar-refractivity contribution in [3.8, 4) is 5.75 Å². The summed E-state index contributed by atoms with van der Waals surface area (Å²) in [5, 5.41) is 0.00685. The first kappa shape index (κ1) is 7.55. The lowest BCUT2D eigenvalue weighted by Gasteiger charge is -2.02. The van der Waals surface area contributed by atoms with E-state index < -0.39 is 0 Å². The molecule has 11 heavy (non-hydrogen) atoms. The van der Waals surface area contributed by atoms with Crippen molar-refractivity contribution in [2.45, 2.75) is 9.84 Å².